The van der Waals surface area contributed by atoms with Crippen LogP contribution in [0.3, 0.4) is 0 Å². The standard InChI is InChI=1S/C15H36O4Si3.C10H14O/c1-10-14(2)15(16)17-12-11-13-22(9,18-20(3,4)5)19-21(6,7)8;1-3-8(2)9-4-6-10(11)7-5-9/h14H,10-13H2,1-9H3;4-8,11H,3H2,1-2H3. The molecule has 33 heavy (non-hydrogen) atoms. The Kier molecular flexibility index (Phi) is 14.0. The Balaban J connectivity index is 0.000000771. The van der Waals surface area contributed by atoms with E-state index in [2.05, 4.69) is 59.7 Å². The molecule has 192 valence electrons. The lowest BCUT2D eigenvalue weighted by Gasteiger charge is -2.38. The molecule has 0 amide bonds. The van der Waals surface area contributed by atoms with Crippen molar-refractivity contribution in [3.63, 3.8) is 0 Å². The molecule has 0 spiro atoms. The zero-order chi connectivity index (χ0) is 25.9. The van der Waals surface area contributed by atoms with E-state index in [-0.39, 0.29) is 11.9 Å². The molecule has 0 bridgehead atoms. The van der Waals surface area contributed by atoms with Crippen molar-refractivity contribution in [2.45, 2.75) is 105 Å². The van der Waals surface area contributed by atoms with Gasteiger partial charge in [0.15, 0.2) is 16.6 Å². The highest BCUT2D eigenvalue weighted by Gasteiger charge is 2.39. The molecule has 0 aliphatic carbocycles. The number of ether oxygens (including phenoxy) is 1. The number of carbonyl (C=O) groups excluding carboxylic acids is 1. The van der Waals surface area contributed by atoms with Crippen LogP contribution in [0.25, 0.3) is 0 Å². The van der Waals surface area contributed by atoms with Crippen LogP contribution in [0.15, 0.2) is 24.3 Å². The quantitative estimate of drug-likeness (QED) is 0.176. The van der Waals surface area contributed by atoms with E-state index in [9.17, 15) is 4.79 Å². The average Bonchev–Trinajstić information content (AvgIpc) is 2.68. The van der Waals surface area contributed by atoms with E-state index in [1.807, 2.05) is 26.0 Å². The molecule has 8 heteroatoms. The average molecular weight is 515 g/mol. The largest absolute Gasteiger partial charge is 0.508 e. The first-order valence-corrected chi connectivity index (χ1v) is 21.7. The normalized spacial score (nSPS) is 14.2. The van der Waals surface area contributed by atoms with Crippen molar-refractivity contribution in [1.82, 2.24) is 0 Å². The van der Waals surface area contributed by atoms with Crippen molar-refractivity contribution >= 4 is 31.2 Å². The maximum atomic E-state index is 11.7. The monoisotopic (exact) mass is 514 g/mol. The summed E-state index contributed by atoms with van der Waals surface area (Å²) in [5, 5.41) is 9.01. The Morgan fingerprint density at radius 2 is 1.36 bits per heavy atom. The molecule has 5 nitrogen and oxygen atoms in total. The number of rotatable bonds is 12. The van der Waals surface area contributed by atoms with Crippen LogP contribution in [-0.2, 0) is 17.8 Å². The number of hydrogen-bond donors (Lipinski definition) is 1. The van der Waals surface area contributed by atoms with Gasteiger partial charge in [-0.1, -0.05) is 39.8 Å². The number of hydrogen-bond acceptors (Lipinski definition) is 5. The van der Waals surface area contributed by atoms with Gasteiger partial charge in [0.25, 0.3) is 0 Å². The van der Waals surface area contributed by atoms with Gasteiger partial charge in [0.05, 0.1) is 12.5 Å². The van der Waals surface area contributed by atoms with Gasteiger partial charge < -0.3 is 18.1 Å². The number of aromatic hydroxyl groups is 1. The first-order valence-electron chi connectivity index (χ1n) is 12.4. The lowest BCUT2D eigenvalue weighted by molar-refractivity contribution is -0.148. The minimum absolute atomic E-state index is 0.0138. The molecule has 2 unspecified atom stereocenters. The minimum Gasteiger partial charge on any atom is -0.508 e. The maximum Gasteiger partial charge on any atom is 0.314 e. The molecule has 2 atom stereocenters. The van der Waals surface area contributed by atoms with Gasteiger partial charge in [0, 0.05) is 0 Å². The predicted octanol–water partition coefficient (Wildman–Crippen LogP) is 7.65. The van der Waals surface area contributed by atoms with E-state index in [1.165, 1.54) is 5.56 Å². The summed E-state index contributed by atoms with van der Waals surface area (Å²) in [5.41, 5.74) is 1.30. The van der Waals surface area contributed by atoms with Crippen molar-refractivity contribution in [3.05, 3.63) is 29.8 Å². The fourth-order valence-electron chi connectivity index (χ4n) is 3.33. The molecule has 1 N–H and O–H groups in total. The molecule has 0 saturated heterocycles. The van der Waals surface area contributed by atoms with Gasteiger partial charge in [-0.2, -0.15) is 0 Å². The summed E-state index contributed by atoms with van der Waals surface area (Å²) in [7, 11) is -5.49. The molecule has 0 radical (unpaired) electrons. The summed E-state index contributed by atoms with van der Waals surface area (Å²) in [6.07, 6.45) is 2.79. The number of carbonyl (C=O) groups is 1. The molecule has 1 aromatic carbocycles. The molecular formula is C25H50O5Si3. The van der Waals surface area contributed by atoms with E-state index < -0.39 is 25.2 Å². The van der Waals surface area contributed by atoms with Crippen LogP contribution in [0.1, 0.15) is 58.4 Å². The summed E-state index contributed by atoms with van der Waals surface area (Å²) in [5.74, 6) is 0.829. The predicted molar refractivity (Wildman–Crippen MR) is 147 cm³/mol. The van der Waals surface area contributed by atoms with Crippen molar-refractivity contribution in [2.75, 3.05) is 6.61 Å². The highest BCUT2D eigenvalue weighted by atomic mass is 28.5. The van der Waals surface area contributed by atoms with Gasteiger partial charge in [-0.25, -0.2) is 0 Å². The maximum absolute atomic E-state index is 11.7. The fourth-order valence-corrected chi connectivity index (χ4v) is 15.8. The Hall–Kier alpha value is -0.939. The molecular weight excluding hydrogens is 465 g/mol. The third kappa shape index (κ3) is 15.6. The van der Waals surface area contributed by atoms with Crippen LogP contribution in [-0.4, -0.2) is 42.9 Å². The topological polar surface area (TPSA) is 65.0 Å². The van der Waals surface area contributed by atoms with Crippen LogP contribution >= 0.6 is 0 Å². The fraction of sp³-hybridized carbons (Fsp3) is 0.720. The molecule has 0 saturated carbocycles. The van der Waals surface area contributed by atoms with Crippen LogP contribution in [0.2, 0.25) is 51.9 Å². The minimum atomic E-state index is -2.20. The van der Waals surface area contributed by atoms with E-state index in [0.29, 0.717) is 18.3 Å². The summed E-state index contributed by atoms with van der Waals surface area (Å²) in [4.78, 5) is 11.7. The van der Waals surface area contributed by atoms with Crippen LogP contribution in [0, 0.1) is 5.92 Å². The summed E-state index contributed by atoms with van der Waals surface area (Å²) < 4.78 is 18.2. The lowest BCUT2D eigenvalue weighted by Crippen LogP contribution is -2.52. The van der Waals surface area contributed by atoms with Crippen molar-refractivity contribution in [3.8, 4) is 5.75 Å². The van der Waals surface area contributed by atoms with Crippen molar-refractivity contribution in [2.24, 2.45) is 5.92 Å². The molecule has 0 fully saturated rings. The highest BCUT2D eigenvalue weighted by Crippen LogP contribution is 2.25. The van der Waals surface area contributed by atoms with Gasteiger partial charge in [-0.05, 0) is 94.7 Å². The summed E-state index contributed by atoms with van der Waals surface area (Å²) in [6.45, 7) is 24.1. The second-order valence-electron chi connectivity index (χ2n) is 11.0. The molecule has 0 aliphatic heterocycles. The van der Waals surface area contributed by atoms with Gasteiger partial charge in [0.2, 0.25) is 0 Å². The second kappa shape index (κ2) is 14.5. The smallest absolute Gasteiger partial charge is 0.314 e. The Bertz CT molecular complexity index is 665. The molecule has 0 heterocycles. The number of phenolic OH excluding ortho intramolecular Hbond substituents is 1. The molecule has 1 aromatic rings. The van der Waals surface area contributed by atoms with Gasteiger partial charge in [0.1, 0.15) is 5.75 Å². The van der Waals surface area contributed by atoms with E-state index in [1.54, 1.807) is 12.1 Å². The first kappa shape index (κ1) is 32.1. The first-order chi connectivity index (χ1) is 15.0. The highest BCUT2D eigenvalue weighted by molar-refractivity contribution is 6.87. The molecule has 0 aromatic heterocycles. The van der Waals surface area contributed by atoms with Gasteiger partial charge in [-0.15, -0.1) is 0 Å². The number of phenols is 1. The van der Waals surface area contributed by atoms with Gasteiger partial charge in [-0.3, -0.25) is 4.79 Å². The second-order valence-corrected chi connectivity index (χ2v) is 23.9. The third-order valence-corrected chi connectivity index (χ3v) is 14.8. The number of benzene rings is 1. The van der Waals surface area contributed by atoms with Gasteiger partial charge >= 0.3 is 14.5 Å². The number of esters is 1. The van der Waals surface area contributed by atoms with Crippen molar-refractivity contribution in [1.29, 1.82) is 0 Å². The zero-order valence-corrected chi connectivity index (χ0v) is 26.1. The third-order valence-electron chi connectivity index (χ3n) is 5.15. The lowest BCUT2D eigenvalue weighted by atomic mass is 9.99. The molecule has 0 aliphatic rings. The SMILES string of the molecule is CCC(C)C(=O)OCCC[Si](C)(O[Si](C)(C)C)O[Si](C)(C)C.CCC(C)c1ccc(O)cc1. The van der Waals surface area contributed by atoms with E-state index in [4.69, 9.17) is 18.1 Å². The summed E-state index contributed by atoms with van der Waals surface area (Å²) >= 11 is 0. The van der Waals surface area contributed by atoms with E-state index in [0.717, 1.165) is 25.3 Å². The van der Waals surface area contributed by atoms with Crippen LogP contribution in [0.5, 0.6) is 5.75 Å². The van der Waals surface area contributed by atoms with Crippen molar-refractivity contribution < 1.29 is 22.9 Å². The molecule has 1 rings (SSSR count). The zero-order valence-electron chi connectivity index (χ0n) is 23.1. The Morgan fingerprint density at radius 1 is 0.879 bits per heavy atom. The Labute approximate surface area is 206 Å². The summed E-state index contributed by atoms with van der Waals surface area (Å²) in [6, 6.07) is 8.31. The van der Waals surface area contributed by atoms with Crippen LogP contribution < -0.4 is 0 Å². The Morgan fingerprint density at radius 3 is 1.76 bits per heavy atom. The van der Waals surface area contributed by atoms with E-state index >= 15 is 0 Å². The van der Waals surface area contributed by atoms with Crippen LogP contribution in [0.4, 0.5) is 0 Å².